The zero-order valence-corrected chi connectivity index (χ0v) is 16.8. The molecule has 146 valence electrons. The van der Waals surface area contributed by atoms with Crippen LogP contribution in [0.15, 0.2) is 78.3 Å². The number of nitrogens with zero attached hydrogens (tertiary/aromatic N) is 5. The predicted octanol–water partition coefficient (Wildman–Crippen LogP) is 4.61. The summed E-state index contributed by atoms with van der Waals surface area (Å²) in [4.78, 5) is 21.1. The average molecular weight is 411 g/mol. The fourth-order valence-corrected chi connectivity index (χ4v) is 4.69. The maximum atomic E-state index is 13.7. The van der Waals surface area contributed by atoms with Crippen molar-refractivity contribution >= 4 is 34.2 Å². The summed E-state index contributed by atoms with van der Waals surface area (Å²) >= 11 is 1.58. The number of carbonyl (C=O) groups excluding carboxylic acids is 1. The number of hydrogen-bond acceptors (Lipinski definition) is 4. The molecule has 4 heterocycles. The van der Waals surface area contributed by atoms with Crippen molar-refractivity contribution in [3.63, 3.8) is 0 Å². The normalized spacial score (nSPS) is 13.1. The van der Waals surface area contributed by atoms with E-state index in [4.69, 9.17) is 10.1 Å². The van der Waals surface area contributed by atoms with E-state index in [9.17, 15) is 4.79 Å². The zero-order valence-electron chi connectivity index (χ0n) is 16.0. The van der Waals surface area contributed by atoms with E-state index in [0.717, 1.165) is 28.1 Å². The summed E-state index contributed by atoms with van der Waals surface area (Å²) in [7, 11) is 0. The van der Waals surface area contributed by atoms with Gasteiger partial charge in [-0.25, -0.2) is 9.67 Å². The molecule has 0 radical (unpaired) electrons. The van der Waals surface area contributed by atoms with E-state index in [2.05, 4.69) is 4.57 Å². The van der Waals surface area contributed by atoms with Crippen molar-refractivity contribution in [2.24, 2.45) is 0 Å². The number of carbonyl (C=O) groups is 1. The monoisotopic (exact) mass is 411 g/mol. The van der Waals surface area contributed by atoms with Crippen molar-refractivity contribution in [1.29, 1.82) is 0 Å². The summed E-state index contributed by atoms with van der Waals surface area (Å²) in [6.45, 7) is 1.34. The number of aromatic nitrogens is 4. The van der Waals surface area contributed by atoms with Crippen LogP contribution in [0.5, 0.6) is 0 Å². The lowest BCUT2D eigenvalue weighted by molar-refractivity contribution is 0.0989. The first-order chi connectivity index (χ1) is 14.8. The van der Waals surface area contributed by atoms with Gasteiger partial charge in [-0.3, -0.25) is 9.69 Å². The highest BCUT2D eigenvalue weighted by Gasteiger charge is 2.32. The molecule has 0 N–H and O–H groups in total. The van der Waals surface area contributed by atoms with Gasteiger partial charge in [-0.15, -0.1) is 11.3 Å². The highest BCUT2D eigenvalue weighted by atomic mass is 32.1. The Kier molecular flexibility index (Phi) is 3.82. The Morgan fingerprint density at radius 1 is 0.933 bits per heavy atom. The summed E-state index contributed by atoms with van der Waals surface area (Å²) in [6, 6.07) is 21.8. The van der Waals surface area contributed by atoms with E-state index in [1.807, 2.05) is 78.3 Å². The van der Waals surface area contributed by atoms with E-state index in [0.29, 0.717) is 23.8 Å². The topological polar surface area (TPSA) is 56.0 Å². The Morgan fingerprint density at radius 2 is 1.77 bits per heavy atom. The minimum Gasteiger partial charge on any atom is -0.308 e. The minimum atomic E-state index is -0.0744. The van der Waals surface area contributed by atoms with Crippen LogP contribution in [0.3, 0.4) is 0 Å². The van der Waals surface area contributed by atoms with E-state index in [1.165, 1.54) is 0 Å². The Balaban J connectivity index is 1.46. The molecule has 7 heteroatoms. The van der Waals surface area contributed by atoms with Gasteiger partial charge in [-0.05, 0) is 35.7 Å². The second-order valence-corrected chi connectivity index (χ2v) is 8.11. The quantitative estimate of drug-likeness (QED) is 0.436. The summed E-state index contributed by atoms with van der Waals surface area (Å²) in [5.41, 5.74) is 4.17. The fourth-order valence-electron chi connectivity index (χ4n) is 3.97. The van der Waals surface area contributed by atoms with Crippen molar-refractivity contribution < 1.29 is 4.79 Å². The van der Waals surface area contributed by atoms with Crippen molar-refractivity contribution in [3.05, 3.63) is 83.9 Å². The molecule has 0 unspecified atom stereocenters. The highest BCUT2D eigenvalue weighted by molar-refractivity contribution is 7.13. The van der Waals surface area contributed by atoms with Crippen LogP contribution in [0.25, 0.3) is 27.3 Å². The molecule has 5 aromatic rings. The van der Waals surface area contributed by atoms with Crippen LogP contribution in [-0.2, 0) is 6.54 Å². The Labute approximate surface area is 176 Å². The van der Waals surface area contributed by atoms with Crippen LogP contribution in [0, 0.1) is 0 Å². The largest absolute Gasteiger partial charge is 0.308 e. The van der Waals surface area contributed by atoms with Crippen molar-refractivity contribution in [2.45, 2.75) is 6.54 Å². The SMILES string of the molecule is O=C(c1cn(-c2ccccc2)nc1-c1cccs1)N1CCn2c1nc1ccccc12. The second kappa shape index (κ2) is 6.67. The van der Waals surface area contributed by atoms with Gasteiger partial charge in [0.2, 0.25) is 5.95 Å². The summed E-state index contributed by atoms with van der Waals surface area (Å²) in [5, 5.41) is 6.77. The molecule has 0 fully saturated rings. The second-order valence-electron chi connectivity index (χ2n) is 7.16. The third-order valence-electron chi connectivity index (χ3n) is 5.39. The number of imidazole rings is 1. The Morgan fingerprint density at radius 3 is 2.60 bits per heavy atom. The van der Waals surface area contributed by atoms with Gasteiger partial charge in [-0.1, -0.05) is 36.4 Å². The number of rotatable bonds is 3. The van der Waals surface area contributed by atoms with E-state index in [-0.39, 0.29) is 5.91 Å². The fraction of sp³-hybridized carbons (Fsp3) is 0.0870. The van der Waals surface area contributed by atoms with Crippen molar-refractivity contribution in [3.8, 4) is 16.3 Å². The van der Waals surface area contributed by atoms with Crippen LogP contribution in [0.4, 0.5) is 5.95 Å². The molecule has 30 heavy (non-hydrogen) atoms. The lowest BCUT2D eigenvalue weighted by Gasteiger charge is -2.13. The molecule has 3 aromatic heterocycles. The number of fused-ring (bicyclic) bond motifs is 3. The lowest BCUT2D eigenvalue weighted by atomic mass is 10.2. The summed E-state index contributed by atoms with van der Waals surface area (Å²) in [5.74, 6) is 0.625. The van der Waals surface area contributed by atoms with Crippen molar-refractivity contribution in [1.82, 2.24) is 19.3 Å². The van der Waals surface area contributed by atoms with E-state index in [1.54, 1.807) is 20.9 Å². The molecule has 2 aromatic carbocycles. The Bertz CT molecular complexity index is 1370. The van der Waals surface area contributed by atoms with Gasteiger partial charge in [0.15, 0.2) is 0 Å². The number of anilines is 1. The first kappa shape index (κ1) is 17.2. The molecule has 6 rings (SSSR count). The van der Waals surface area contributed by atoms with Gasteiger partial charge < -0.3 is 4.57 Å². The van der Waals surface area contributed by atoms with Gasteiger partial charge in [-0.2, -0.15) is 5.10 Å². The van der Waals surface area contributed by atoms with Crippen LogP contribution in [0.1, 0.15) is 10.4 Å². The van der Waals surface area contributed by atoms with Gasteiger partial charge in [0.05, 0.1) is 27.2 Å². The molecule has 0 saturated heterocycles. The molecule has 0 saturated carbocycles. The molecule has 0 bridgehead atoms. The number of benzene rings is 2. The third-order valence-corrected chi connectivity index (χ3v) is 6.26. The molecule has 0 spiro atoms. The predicted molar refractivity (Wildman–Crippen MR) is 118 cm³/mol. The van der Waals surface area contributed by atoms with Crippen LogP contribution in [0.2, 0.25) is 0 Å². The standard InChI is InChI=1S/C23H17N5OS/c29-22(27-13-12-26-19-10-5-4-9-18(19)24-23(26)27)17-15-28(16-7-2-1-3-8-16)25-21(17)20-11-6-14-30-20/h1-11,14-15H,12-13H2. The van der Waals surface area contributed by atoms with Gasteiger partial charge >= 0.3 is 0 Å². The van der Waals surface area contributed by atoms with Gasteiger partial charge in [0.1, 0.15) is 5.69 Å². The van der Waals surface area contributed by atoms with Gasteiger partial charge in [0, 0.05) is 19.3 Å². The Hall–Kier alpha value is -3.71. The molecule has 1 aliphatic rings. The average Bonchev–Trinajstić information content (AvgIpc) is 3.57. The molecule has 1 amide bonds. The molecule has 0 aliphatic carbocycles. The lowest BCUT2D eigenvalue weighted by Crippen LogP contribution is -2.29. The van der Waals surface area contributed by atoms with E-state index < -0.39 is 0 Å². The van der Waals surface area contributed by atoms with Crippen LogP contribution >= 0.6 is 11.3 Å². The minimum absolute atomic E-state index is 0.0744. The van der Waals surface area contributed by atoms with E-state index >= 15 is 0 Å². The maximum Gasteiger partial charge on any atom is 0.264 e. The third kappa shape index (κ3) is 2.59. The zero-order chi connectivity index (χ0) is 20.1. The molecule has 0 atom stereocenters. The first-order valence-electron chi connectivity index (χ1n) is 9.76. The smallest absolute Gasteiger partial charge is 0.264 e. The summed E-state index contributed by atoms with van der Waals surface area (Å²) in [6.07, 6.45) is 1.83. The molecule has 1 aliphatic heterocycles. The maximum absolute atomic E-state index is 13.7. The number of thiophene rings is 1. The van der Waals surface area contributed by atoms with Crippen LogP contribution < -0.4 is 4.90 Å². The molecular formula is C23H17N5OS. The number of para-hydroxylation sites is 3. The van der Waals surface area contributed by atoms with Crippen molar-refractivity contribution in [2.75, 3.05) is 11.4 Å². The van der Waals surface area contributed by atoms with Gasteiger partial charge in [0.25, 0.3) is 5.91 Å². The van der Waals surface area contributed by atoms with Crippen LogP contribution in [-0.4, -0.2) is 31.8 Å². The number of amides is 1. The first-order valence-corrected chi connectivity index (χ1v) is 10.6. The molecule has 6 nitrogen and oxygen atoms in total. The highest BCUT2D eigenvalue weighted by Crippen LogP contribution is 2.32. The summed E-state index contributed by atoms with van der Waals surface area (Å²) < 4.78 is 3.89. The number of hydrogen-bond donors (Lipinski definition) is 0. The molecular weight excluding hydrogens is 394 g/mol.